The molecule has 1 nitrogen and oxygen atoms in total. The van der Waals surface area contributed by atoms with E-state index < -0.39 is 0 Å². The van der Waals surface area contributed by atoms with Crippen LogP contribution in [0, 0.1) is 0 Å². The van der Waals surface area contributed by atoms with E-state index in [1.807, 2.05) is 72.8 Å². The first-order valence-corrected chi connectivity index (χ1v) is 9.94. The van der Waals surface area contributed by atoms with Gasteiger partial charge in [0.2, 0.25) is 0 Å². The summed E-state index contributed by atoms with van der Waals surface area (Å²) >= 11 is 10.3. The van der Waals surface area contributed by atoms with Crippen molar-refractivity contribution in [1.82, 2.24) is 0 Å². The predicted molar refractivity (Wildman–Crippen MR) is 115 cm³/mol. The Bertz CT molecular complexity index is 923. The van der Waals surface area contributed by atoms with Crippen LogP contribution in [0.5, 0.6) is 0 Å². The van der Waals surface area contributed by atoms with Crippen LogP contribution in [0.15, 0.2) is 86.2 Å². The van der Waals surface area contributed by atoms with Crippen molar-refractivity contribution in [3.63, 3.8) is 0 Å². The second-order valence-electron chi connectivity index (χ2n) is 5.49. The van der Waals surface area contributed by atoms with E-state index in [2.05, 4.69) is 47.8 Å². The van der Waals surface area contributed by atoms with Crippen LogP contribution in [0.2, 0.25) is 0 Å². The first kappa shape index (κ1) is 18.3. The molecular formula is C21H13Br3O. The van der Waals surface area contributed by atoms with Crippen molar-refractivity contribution in [2.24, 2.45) is 0 Å². The van der Waals surface area contributed by atoms with Crippen molar-refractivity contribution in [2.45, 2.75) is 0 Å². The third-order valence-electron chi connectivity index (χ3n) is 3.64. The van der Waals surface area contributed by atoms with Gasteiger partial charge in [0, 0.05) is 19.0 Å². The van der Waals surface area contributed by atoms with Gasteiger partial charge in [-0.25, -0.2) is 0 Å². The summed E-state index contributed by atoms with van der Waals surface area (Å²) in [6, 6.07) is 21.6. The molecule has 4 heteroatoms. The molecule has 0 spiro atoms. The lowest BCUT2D eigenvalue weighted by Gasteiger charge is -2.04. The Balaban J connectivity index is 1.84. The minimum Gasteiger partial charge on any atom is -0.289 e. The number of hydrogen-bond donors (Lipinski definition) is 0. The van der Waals surface area contributed by atoms with Gasteiger partial charge in [0.15, 0.2) is 5.78 Å². The summed E-state index contributed by atoms with van der Waals surface area (Å²) in [5.41, 5.74) is 3.74. The molecule has 0 unspecified atom stereocenters. The second kappa shape index (κ2) is 8.26. The summed E-state index contributed by atoms with van der Waals surface area (Å²) in [6.45, 7) is 0. The summed E-state index contributed by atoms with van der Waals surface area (Å²) < 4.78 is 2.96. The zero-order chi connectivity index (χ0) is 17.8. The van der Waals surface area contributed by atoms with Crippen molar-refractivity contribution in [3.05, 3.63) is 97.4 Å². The largest absolute Gasteiger partial charge is 0.289 e. The van der Waals surface area contributed by atoms with Crippen molar-refractivity contribution < 1.29 is 4.79 Å². The summed E-state index contributed by atoms with van der Waals surface area (Å²) in [6.07, 6.45) is 3.43. The van der Waals surface area contributed by atoms with Crippen LogP contribution in [0.4, 0.5) is 0 Å². The highest BCUT2D eigenvalue weighted by atomic mass is 79.9. The minimum atomic E-state index is -0.0185. The number of carbonyl (C=O) groups excluding carboxylic acids is 1. The molecule has 0 radical (unpaired) electrons. The summed E-state index contributed by atoms with van der Waals surface area (Å²) in [7, 11) is 0. The summed E-state index contributed by atoms with van der Waals surface area (Å²) in [5, 5.41) is 0. The quantitative estimate of drug-likeness (QED) is 0.256. The Kier molecular flexibility index (Phi) is 6.05. The first-order chi connectivity index (χ1) is 12.0. The number of benzene rings is 3. The molecule has 0 heterocycles. The average Bonchev–Trinajstić information content (AvgIpc) is 2.59. The van der Waals surface area contributed by atoms with Gasteiger partial charge in [0.1, 0.15) is 0 Å². The highest BCUT2D eigenvalue weighted by Gasteiger charge is 2.05. The van der Waals surface area contributed by atoms with E-state index in [0.29, 0.717) is 5.56 Å². The molecule has 0 bridgehead atoms. The van der Waals surface area contributed by atoms with Crippen molar-refractivity contribution >= 4 is 59.6 Å². The maximum Gasteiger partial charge on any atom is 0.185 e. The van der Waals surface area contributed by atoms with Gasteiger partial charge in [-0.1, -0.05) is 84.2 Å². The fourth-order valence-corrected chi connectivity index (χ4v) is 4.03. The lowest BCUT2D eigenvalue weighted by atomic mass is 10.0. The van der Waals surface area contributed by atoms with Gasteiger partial charge < -0.3 is 0 Å². The molecule has 3 aromatic carbocycles. The number of rotatable bonds is 4. The van der Waals surface area contributed by atoms with Gasteiger partial charge in [0.05, 0.1) is 0 Å². The van der Waals surface area contributed by atoms with Gasteiger partial charge in [-0.05, 0) is 59.2 Å². The van der Waals surface area contributed by atoms with E-state index in [9.17, 15) is 4.79 Å². The molecule has 0 aliphatic rings. The third-order valence-corrected chi connectivity index (χ3v) is 5.08. The molecular weight excluding hydrogens is 508 g/mol. The molecule has 25 heavy (non-hydrogen) atoms. The first-order valence-electron chi connectivity index (χ1n) is 7.56. The van der Waals surface area contributed by atoms with Crippen LogP contribution in [0.1, 0.15) is 15.9 Å². The van der Waals surface area contributed by atoms with E-state index in [4.69, 9.17) is 0 Å². The monoisotopic (exact) mass is 518 g/mol. The minimum absolute atomic E-state index is 0.0185. The number of ketones is 1. The fraction of sp³-hybridized carbons (Fsp3) is 0. The Morgan fingerprint density at radius 3 is 2.08 bits per heavy atom. The van der Waals surface area contributed by atoms with E-state index in [-0.39, 0.29) is 5.78 Å². The molecule has 124 valence electrons. The number of halogens is 3. The van der Waals surface area contributed by atoms with Crippen LogP contribution in [0.3, 0.4) is 0 Å². The van der Waals surface area contributed by atoms with Gasteiger partial charge in [-0.2, -0.15) is 0 Å². The van der Waals surface area contributed by atoms with E-state index in [1.54, 1.807) is 6.08 Å². The highest BCUT2D eigenvalue weighted by Crippen LogP contribution is 2.24. The van der Waals surface area contributed by atoms with Crippen LogP contribution in [0.25, 0.3) is 17.2 Å². The van der Waals surface area contributed by atoms with Gasteiger partial charge in [-0.3, -0.25) is 4.79 Å². The van der Waals surface area contributed by atoms with Crippen molar-refractivity contribution in [1.29, 1.82) is 0 Å². The normalized spacial score (nSPS) is 11.0. The Hall–Kier alpha value is -1.49. The zero-order valence-corrected chi connectivity index (χ0v) is 17.8. The standard InChI is InChI=1S/C21H13Br3O/c22-18-7-5-15(6-8-18)16-2-1-3-17(12-16)21(25)9-4-14-10-19(23)13-20(24)11-14/h1-13H/b9-4+. The Morgan fingerprint density at radius 1 is 0.720 bits per heavy atom. The lowest BCUT2D eigenvalue weighted by Crippen LogP contribution is -1.94. The fourth-order valence-electron chi connectivity index (χ4n) is 2.43. The molecule has 0 saturated heterocycles. The average molecular weight is 521 g/mol. The summed E-state index contributed by atoms with van der Waals surface area (Å²) in [4.78, 5) is 12.5. The molecule has 0 fully saturated rings. The van der Waals surface area contributed by atoms with Crippen molar-refractivity contribution in [2.75, 3.05) is 0 Å². The van der Waals surface area contributed by atoms with E-state index in [0.717, 1.165) is 30.1 Å². The highest BCUT2D eigenvalue weighted by molar-refractivity contribution is 9.11. The van der Waals surface area contributed by atoms with Gasteiger partial charge >= 0.3 is 0 Å². The maximum absolute atomic E-state index is 12.5. The van der Waals surface area contributed by atoms with Crippen LogP contribution in [-0.2, 0) is 0 Å². The van der Waals surface area contributed by atoms with E-state index in [1.165, 1.54) is 0 Å². The number of hydrogen-bond acceptors (Lipinski definition) is 1. The molecule has 0 N–H and O–H groups in total. The smallest absolute Gasteiger partial charge is 0.185 e. The zero-order valence-electron chi connectivity index (χ0n) is 13.0. The lowest BCUT2D eigenvalue weighted by molar-refractivity contribution is 0.104. The van der Waals surface area contributed by atoms with Crippen LogP contribution >= 0.6 is 47.8 Å². The number of allylic oxidation sites excluding steroid dienone is 1. The van der Waals surface area contributed by atoms with Crippen LogP contribution in [-0.4, -0.2) is 5.78 Å². The molecule has 0 aliphatic carbocycles. The SMILES string of the molecule is O=C(/C=C/c1cc(Br)cc(Br)c1)c1cccc(-c2ccc(Br)cc2)c1. The Labute approximate surface area is 172 Å². The molecule has 0 atom stereocenters. The topological polar surface area (TPSA) is 17.1 Å². The molecule has 0 aliphatic heterocycles. The molecule has 0 amide bonds. The van der Waals surface area contributed by atoms with Crippen molar-refractivity contribution in [3.8, 4) is 11.1 Å². The third kappa shape index (κ3) is 5.00. The summed E-state index contributed by atoms with van der Waals surface area (Å²) in [5.74, 6) is -0.0185. The maximum atomic E-state index is 12.5. The molecule has 3 rings (SSSR count). The molecule has 3 aromatic rings. The molecule has 0 aromatic heterocycles. The van der Waals surface area contributed by atoms with E-state index >= 15 is 0 Å². The van der Waals surface area contributed by atoms with Crippen LogP contribution < -0.4 is 0 Å². The molecule has 0 saturated carbocycles. The predicted octanol–water partition coefficient (Wildman–Crippen LogP) is 7.54. The second-order valence-corrected chi connectivity index (χ2v) is 8.24. The van der Waals surface area contributed by atoms with Gasteiger partial charge in [0.25, 0.3) is 0 Å². The number of carbonyl (C=O) groups is 1. The Morgan fingerprint density at radius 2 is 1.40 bits per heavy atom. The van der Waals surface area contributed by atoms with Gasteiger partial charge in [-0.15, -0.1) is 0 Å².